The summed E-state index contributed by atoms with van der Waals surface area (Å²) in [6.07, 6.45) is 19.2. The maximum absolute atomic E-state index is 7.09. The fraction of sp³-hybridized carbons (Fsp3) is 0.739. The van der Waals surface area contributed by atoms with Crippen molar-refractivity contribution in [3.05, 3.63) is 35.9 Å². The standard InChI is InChI=1S/C23H42ClP/c1-4-5-6-7-8-9-10-11-12-13-14-18-21-25(2,3,24)22-23-19-16-15-17-20-23/h15-17,19-20H,4-14,18,21-22H2,1-3H3. The van der Waals surface area contributed by atoms with E-state index in [1.165, 1.54) is 88.8 Å². The molecule has 0 fully saturated rings. The van der Waals surface area contributed by atoms with Crippen LogP contribution in [0.5, 0.6) is 0 Å². The van der Waals surface area contributed by atoms with E-state index in [4.69, 9.17) is 11.2 Å². The Kier molecular flexibility index (Phi) is 11.4. The molecule has 0 spiro atoms. The predicted molar refractivity (Wildman–Crippen MR) is 121 cm³/mol. The molecule has 2 heteroatoms. The molecule has 0 nitrogen and oxygen atoms in total. The second-order valence-electron chi connectivity index (χ2n) is 8.77. The van der Waals surface area contributed by atoms with Crippen LogP contribution < -0.4 is 0 Å². The van der Waals surface area contributed by atoms with Crippen LogP contribution in [0.4, 0.5) is 0 Å². The summed E-state index contributed by atoms with van der Waals surface area (Å²) >= 11 is 7.09. The zero-order chi connectivity index (χ0) is 18.5. The summed E-state index contributed by atoms with van der Waals surface area (Å²) in [7, 11) is 0. The zero-order valence-electron chi connectivity index (χ0n) is 17.1. The van der Waals surface area contributed by atoms with Gasteiger partial charge in [-0.2, -0.15) is 0 Å². The number of benzene rings is 1. The summed E-state index contributed by atoms with van der Waals surface area (Å²) in [6, 6.07) is 10.8. The van der Waals surface area contributed by atoms with Crippen molar-refractivity contribution in [3.8, 4) is 0 Å². The van der Waals surface area contributed by atoms with E-state index in [0.29, 0.717) is 0 Å². The summed E-state index contributed by atoms with van der Waals surface area (Å²) in [6.45, 7) is 6.98. The fourth-order valence-corrected chi connectivity index (χ4v) is 7.13. The zero-order valence-corrected chi connectivity index (χ0v) is 18.8. The molecule has 0 aromatic heterocycles. The minimum absolute atomic E-state index is 1.08. The second-order valence-corrected chi connectivity index (χ2v) is 18.0. The Morgan fingerprint density at radius 2 is 1.12 bits per heavy atom. The SMILES string of the molecule is CCCCCCCCCCCCCCP(C)(C)(Cl)Cc1ccccc1. The van der Waals surface area contributed by atoms with Crippen LogP contribution in [0, 0.1) is 0 Å². The normalized spacial score (nSPS) is 13.5. The fourth-order valence-electron chi connectivity index (χ4n) is 3.67. The van der Waals surface area contributed by atoms with E-state index in [9.17, 15) is 0 Å². The van der Waals surface area contributed by atoms with Crippen molar-refractivity contribution in [3.63, 3.8) is 0 Å². The average Bonchev–Trinajstić information content (AvgIpc) is 2.56. The van der Waals surface area contributed by atoms with Crippen LogP contribution in [-0.4, -0.2) is 19.5 Å². The van der Waals surface area contributed by atoms with Gasteiger partial charge < -0.3 is 0 Å². The van der Waals surface area contributed by atoms with E-state index in [1.54, 1.807) is 0 Å². The van der Waals surface area contributed by atoms with Gasteiger partial charge in [-0.05, 0) is 0 Å². The first-order valence-electron chi connectivity index (χ1n) is 10.7. The number of halogens is 1. The van der Waals surface area contributed by atoms with Crippen molar-refractivity contribution in [2.45, 2.75) is 90.1 Å². The molecule has 0 bridgehead atoms. The molecular weight excluding hydrogens is 343 g/mol. The van der Waals surface area contributed by atoms with Crippen LogP contribution in [0.25, 0.3) is 0 Å². The molecule has 0 N–H and O–H groups in total. The van der Waals surface area contributed by atoms with E-state index in [0.717, 1.165) is 6.16 Å². The van der Waals surface area contributed by atoms with Crippen molar-refractivity contribution in [1.29, 1.82) is 0 Å². The third-order valence-electron chi connectivity index (χ3n) is 5.21. The summed E-state index contributed by atoms with van der Waals surface area (Å²) in [5.41, 5.74) is 1.40. The summed E-state index contributed by atoms with van der Waals surface area (Å²) in [4.78, 5) is 0. The topological polar surface area (TPSA) is 0 Å². The molecule has 25 heavy (non-hydrogen) atoms. The van der Waals surface area contributed by atoms with Crippen LogP contribution in [-0.2, 0) is 6.16 Å². The predicted octanol–water partition coefficient (Wildman–Crippen LogP) is 8.85. The van der Waals surface area contributed by atoms with Gasteiger partial charge in [0.25, 0.3) is 0 Å². The molecule has 1 aromatic carbocycles. The van der Waals surface area contributed by atoms with Gasteiger partial charge in [0.05, 0.1) is 0 Å². The quantitative estimate of drug-likeness (QED) is 0.209. The Labute approximate surface area is 162 Å². The van der Waals surface area contributed by atoms with Gasteiger partial charge in [0.2, 0.25) is 0 Å². The molecule has 0 aliphatic heterocycles. The number of hydrogen-bond donors (Lipinski definition) is 0. The third kappa shape index (κ3) is 12.9. The minimum atomic E-state index is -2.04. The van der Waals surface area contributed by atoms with Crippen molar-refractivity contribution >= 4 is 17.2 Å². The molecule has 0 amide bonds. The van der Waals surface area contributed by atoms with Crippen molar-refractivity contribution in [1.82, 2.24) is 0 Å². The van der Waals surface area contributed by atoms with Crippen LogP contribution in [0.1, 0.15) is 89.5 Å². The van der Waals surface area contributed by atoms with Gasteiger partial charge in [0, 0.05) is 0 Å². The average molecular weight is 385 g/mol. The molecule has 0 heterocycles. The van der Waals surface area contributed by atoms with Crippen molar-refractivity contribution < 1.29 is 0 Å². The van der Waals surface area contributed by atoms with Gasteiger partial charge in [-0.25, -0.2) is 0 Å². The molecule has 0 unspecified atom stereocenters. The Morgan fingerprint density at radius 3 is 1.60 bits per heavy atom. The van der Waals surface area contributed by atoms with Gasteiger partial charge >= 0.3 is 149 Å². The molecule has 146 valence electrons. The number of rotatable bonds is 15. The van der Waals surface area contributed by atoms with E-state index in [1.807, 2.05) is 0 Å². The Hall–Kier alpha value is -0.0600. The van der Waals surface area contributed by atoms with Gasteiger partial charge in [0.1, 0.15) is 0 Å². The van der Waals surface area contributed by atoms with Crippen molar-refractivity contribution in [2.24, 2.45) is 0 Å². The first-order chi connectivity index (χ1) is 11.9. The Balaban J connectivity index is 2.03. The number of unbranched alkanes of at least 4 members (excludes halogenated alkanes) is 11. The second kappa shape index (κ2) is 12.3. The molecule has 0 radical (unpaired) electrons. The number of hydrogen-bond acceptors (Lipinski definition) is 0. The van der Waals surface area contributed by atoms with Gasteiger partial charge in [0.15, 0.2) is 0 Å². The van der Waals surface area contributed by atoms with Crippen molar-refractivity contribution in [2.75, 3.05) is 19.5 Å². The monoisotopic (exact) mass is 384 g/mol. The van der Waals surface area contributed by atoms with Gasteiger partial charge in [-0.1, -0.05) is 13.3 Å². The van der Waals surface area contributed by atoms with E-state index in [2.05, 4.69) is 50.6 Å². The molecular formula is C23H42ClP. The summed E-state index contributed by atoms with van der Waals surface area (Å²) < 4.78 is 0. The molecule has 0 aliphatic rings. The Morgan fingerprint density at radius 1 is 0.680 bits per heavy atom. The maximum atomic E-state index is 7.09. The van der Waals surface area contributed by atoms with Gasteiger partial charge in [-0.15, -0.1) is 0 Å². The van der Waals surface area contributed by atoms with Crippen LogP contribution in [0.2, 0.25) is 0 Å². The van der Waals surface area contributed by atoms with E-state index >= 15 is 0 Å². The summed E-state index contributed by atoms with van der Waals surface area (Å²) in [5.74, 6) is -2.04. The van der Waals surface area contributed by atoms with Crippen LogP contribution in [0.15, 0.2) is 30.3 Å². The molecule has 0 aliphatic carbocycles. The summed E-state index contributed by atoms with van der Waals surface area (Å²) in [5, 5.41) is 0. The molecule has 0 atom stereocenters. The first-order valence-corrected chi connectivity index (χ1v) is 15.1. The Bertz CT molecular complexity index is 432. The molecule has 1 aromatic rings. The van der Waals surface area contributed by atoms with E-state index < -0.39 is 5.96 Å². The van der Waals surface area contributed by atoms with Crippen LogP contribution in [0.3, 0.4) is 0 Å². The third-order valence-corrected chi connectivity index (χ3v) is 9.12. The van der Waals surface area contributed by atoms with E-state index in [-0.39, 0.29) is 0 Å². The molecule has 1 rings (SSSR count). The van der Waals surface area contributed by atoms with Gasteiger partial charge in [-0.3, -0.25) is 0 Å². The first kappa shape index (κ1) is 23.0. The molecule has 0 saturated heterocycles. The molecule has 0 saturated carbocycles. The van der Waals surface area contributed by atoms with Crippen LogP contribution >= 0.6 is 17.2 Å².